The van der Waals surface area contributed by atoms with Crippen LogP contribution in [0.5, 0.6) is 0 Å². The summed E-state index contributed by atoms with van der Waals surface area (Å²) in [7, 11) is 0. The number of benzene rings is 2. The zero-order chi connectivity index (χ0) is 29.0. The van der Waals surface area contributed by atoms with Crippen LogP contribution in [-0.4, -0.2) is 54.9 Å². The first-order valence-corrected chi connectivity index (χ1v) is 14.8. The predicted molar refractivity (Wildman–Crippen MR) is 164 cm³/mol. The van der Waals surface area contributed by atoms with Gasteiger partial charge in [-0.05, 0) is 87.9 Å². The number of carbonyl (C=O) groups excluding carboxylic acids is 1. The van der Waals surface area contributed by atoms with Crippen LogP contribution in [0.4, 0.5) is 16.2 Å². The summed E-state index contributed by atoms with van der Waals surface area (Å²) < 4.78 is 5.45. The van der Waals surface area contributed by atoms with E-state index in [1.807, 2.05) is 32.9 Å². The molecule has 2 aromatic carbocycles. The lowest BCUT2D eigenvalue weighted by atomic mass is 9.94. The Hall–Kier alpha value is -3.83. The standard InChI is InChI=1S/C33H42N6O2/c1-23-17-27(22-39(20-23)30-14-11-25(18-34)31-29(30)8-5-15-35-31)36-19-24-9-12-28(13-10-24)38-16-6-7-26(21-38)37-32(40)41-33(2,3)4/h5,8-15,23,26-27,36H,6-7,16-17,19-22H2,1-4H3,(H,37,40)/t23-,26?,27+/m0/s1. The molecule has 2 N–H and O–H groups in total. The maximum absolute atomic E-state index is 12.2. The van der Waals surface area contributed by atoms with E-state index in [2.05, 4.69) is 74.8 Å². The number of hydrogen-bond acceptors (Lipinski definition) is 7. The fourth-order valence-electron chi connectivity index (χ4n) is 6.11. The molecule has 0 radical (unpaired) electrons. The lowest BCUT2D eigenvalue weighted by Crippen LogP contribution is -2.49. The van der Waals surface area contributed by atoms with E-state index in [1.165, 1.54) is 11.3 Å². The third kappa shape index (κ3) is 7.28. The molecule has 0 saturated carbocycles. The first-order chi connectivity index (χ1) is 19.7. The van der Waals surface area contributed by atoms with E-state index in [0.717, 1.165) is 68.6 Å². The molecular formula is C33H42N6O2. The maximum Gasteiger partial charge on any atom is 0.407 e. The summed E-state index contributed by atoms with van der Waals surface area (Å²) in [5.41, 5.74) is 4.49. The Morgan fingerprint density at radius 3 is 2.61 bits per heavy atom. The molecular weight excluding hydrogens is 512 g/mol. The molecule has 3 atom stereocenters. The van der Waals surface area contributed by atoms with Gasteiger partial charge in [0.1, 0.15) is 11.7 Å². The van der Waals surface area contributed by atoms with E-state index >= 15 is 0 Å². The molecule has 216 valence electrons. The van der Waals surface area contributed by atoms with Crippen LogP contribution in [0, 0.1) is 17.2 Å². The van der Waals surface area contributed by atoms with Crippen molar-refractivity contribution in [1.29, 1.82) is 5.26 Å². The predicted octanol–water partition coefficient (Wildman–Crippen LogP) is 5.60. The topological polar surface area (TPSA) is 93.5 Å². The van der Waals surface area contributed by atoms with Gasteiger partial charge < -0.3 is 25.2 Å². The summed E-state index contributed by atoms with van der Waals surface area (Å²) in [5.74, 6) is 0.548. The number of nitrogens with zero attached hydrogens (tertiary/aromatic N) is 4. The quantitative estimate of drug-likeness (QED) is 0.409. The van der Waals surface area contributed by atoms with Gasteiger partial charge in [-0.2, -0.15) is 5.26 Å². The Labute approximate surface area is 243 Å². The molecule has 2 aliphatic rings. The number of pyridine rings is 1. The Bertz CT molecular complexity index is 1390. The second-order valence-corrected chi connectivity index (χ2v) is 12.6. The van der Waals surface area contributed by atoms with Crippen molar-refractivity contribution in [2.45, 2.75) is 71.2 Å². The Morgan fingerprint density at radius 1 is 1.07 bits per heavy atom. The van der Waals surface area contributed by atoms with Crippen molar-refractivity contribution in [1.82, 2.24) is 15.6 Å². The van der Waals surface area contributed by atoms with Crippen LogP contribution in [0.15, 0.2) is 54.7 Å². The van der Waals surface area contributed by atoms with E-state index in [-0.39, 0.29) is 12.1 Å². The van der Waals surface area contributed by atoms with Crippen LogP contribution in [0.1, 0.15) is 58.1 Å². The number of nitrogens with one attached hydrogen (secondary N) is 2. The van der Waals surface area contributed by atoms with Gasteiger partial charge >= 0.3 is 6.09 Å². The fraction of sp³-hybridized carbons (Fsp3) is 0.485. The third-order valence-corrected chi connectivity index (χ3v) is 7.91. The van der Waals surface area contributed by atoms with Gasteiger partial charge in [0.25, 0.3) is 0 Å². The van der Waals surface area contributed by atoms with Crippen LogP contribution in [0.3, 0.4) is 0 Å². The molecule has 2 fully saturated rings. The lowest BCUT2D eigenvalue weighted by molar-refractivity contribution is 0.0500. The molecule has 2 aliphatic heterocycles. The van der Waals surface area contributed by atoms with Gasteiger partial charge in [0.15, 0.2) is 0 Å². The second kappa shape index (κ2) is 12.4. The van der Waals surface area contributed by atoms with Crippen molar-refractivity contribution in [3.63, 3.8) is 0 Å². The van der Waals surface area contributed by atoms with Crippen LogP contribution in [0.2, 0.25) is 0 Å². The van der Waals surface area contributed by atoms with Crippen molar-refractivity contribution >= 4 is 28.4 Å². The van der Waals surface area contributed by atoms with Crippen molar-refractivity contribution < 1.29 is 9.53 Å². The number of fused-ring (bicyclic) bond motifs is 1. The SMILES string of the molecule is C[C@H]1C[C@@H](NCc2ccc(N3CCCC(NC(=O)OC(C)(C)C)C3)cc2)CN(c2ccc(C#N)c3ncccc23)C1. The first-order valence-electron chi connectivity index (χ1n) is 14.8. The summed E-state index contributed by atoms with van der Waals surface area (Å²) in [6.07, 6.45) is 4.53. The number of alkyl carbamates (subject to hydrolysis) is 1. The zero-order valence-electron chi connectivity index (χ0n) is 24.7. The van der Waals surface area contributed by atoms with Gasteiger partial charge in [-0.15, -0.1) is 0 Å². The highest BCUT2D eigenvalue weighted by Gasteiger charge is 2.27. The van der Waals surface area contributed by atoms with Crippen LogP contribution < -0.4 is 20.4 Å². The van der Waals surface area contributed by atoms with Gasteiger partial charge in [-0.25, -0.2) is 4.79 Å². The summed E-state index contributed by atoms with van der Waals surface area (Å²) >= 11 is 0. The highest BCUT2D eigenvalue weighted by molar-refractivity contribution is 5.95. The average Bonchev–Trinajstić information content (AvgIpc) is 2.94. The number of nitriles is 1. The number of carbonyl (C=O) groups is 1. The van der Waals surface area contributed by atoms with Gasteiger partial charge in [0.05, 0.1) is 11.1 Å². The Morgan fingerprint density at radius 2 is 1.85 bits per heavy atom. The summed E-state index contributed by atoms with van der Waals surface area (Å²) in [5, 5.41) is 17.4. The molecule has 1 aromatic heterocycles. The van der Waals surface area contributed by atoms with Gasteiger partial charge in [-0.3, -0.25) is 4.98 Å². The number of rotatable bonds is 6. The number of anilines is 2. The second-order valence-electron chi connectivity index (χ2n) is 12.6. The van der Waals surface area contributed by atoms with E-state index in [1.54, 1.807) is 6.20 Å². The highest BCUT2D eigenvalue weighted by atomic mass is 16.6. The third-order valence-electron chi connectivity index (χ3n) is 7.91. The van der Waals surface area contributed by atoms with Crippen LogP contribution in [-0.2, 0) is 11.3 Å². The summed E-state index contributed by atoms with van der Waals surface area (Å²) in [4.78, 5) is 21.5. The normalized spacial score (nSPS) is 21.4. The molecule has 2 saturated heterocycles. The monoisotopic (exact) mass is 554 g/mol. The molecule has 1 unspecified atom stereocenters. The van der Waals surface area contributed by atoms with Crippen molar-refractivity contribution in [2.24, 2.45) is 5.92 Å². The fourth-order valence-corrected chi connectivity index (χ4v) is 6.11. The molecule has 3 heterocycles. The van der Waals surface area contributed by atoms with Crippen molar-refractivity contribution in [2.75, 3.05) is 36.0 Å². The van der Waals surface area contributed by atoms with Crippen LogP contribution >= 0.6 is 0 Å². The molecule has 1 amide bonds. The highest BCUT2D eigenvalue weighted by Crippen LogP contribution is 2.31. The van der Waals surface area contributed by atoms with Crippen molar-refractivity contribution in [3.05, 3.63) is 65.9 Å². The minimum atomic E-state index is -0.494. The van der Waals surface area contributed by atoms with E-state index < -0.39 is 5.60 Å². The summed E-state index contributed by atoms with van der Waals surface area (Å²) in [6.45, 7) is 12.4. The van der Waals surface area contributed by atoms with E-state index in [4.69, 9.17) is 4.74 Å². The Balaban J connectivity index is 1.18. The zero-order valence-corrected chi connectivity index (χ0v) is 24.7. The minimum Gasteiger partial charge on any atom is -0.444 e. The number of amides is 1. The smallest absolute Gasteiger partial charge is 0.407 e. The molecule has 0 aliphatic carbocycles. The molecule has 0 bridgehead atoms. The number of aromatic nitrogens is 1. The molecule has 5 rings (SSSR count). The molecule has 8 nitrogen and oxygen atoms in total. The molecule has 8 heteroatoms. The number of ether oxygens (including phenoxy) is 1. The summed E-state index contributed by atoms with van der Waals surface area (Å²) in [6, 6.07) is 19.5. The van der Waals surface area contributed by atoms with Crippen LogP contribution in [0.25, 0.3) is 10.9 Å². The maximum atomic E-state index is 12.2. The largest absolute Gasteiger partial charge is 0.444 e. The first kappa shape index (κ1) is 28.7. The van der Waals surface area contributed by atoms with E-state index in [9.17, 15) is 10.1 Å². The molecule has 41 heavy (non-hydrogen) atoms. The number of piperidine rings is 2. The van der Waals surface area contributed by atoms with Gasteiger partial charge in [0.2, 0.25) is 0 Å². The molecule has 3 aromatic rings. The van der Waals surface area contributed by atoms with E-state index in [0.29, 0.717) is 17.5 Å². The average molecular weight is 555 g/mol. The van der Waals surface area contributed by atoms with Gasteiger partial charge in [0, 0.05) is 67.8 Å². The van der Waals surface area contributed by atoms with Crippen molar-refractivity contribution in [3.8, 4) is 6.07 Å². The van der Waals surface area contributed by atoms with Gasteiger partial charge in [-0.1, -0.05) is 19.1 Å². The number of hydrogen-bond donors (Lipinski definition) is 2. The minimum absolute atomic E-state index is 0.0835. The Kier molecular flexibility index (Phi) is 8.65. The lowest BCUT2D eigenvalue weighted by Gasteiger charge is -2.39. The molecule has 0 spiro atoms.